The van der Waals surface area contributed by atoms with Gasteiger partial charge in [0.2, 0.25) is 11.9 Å². The molecule has 0 aliphatic heterocycles. The zero-order valence-corrected chi connectivity index (χ0v) is 60.3. The average molecular weight is 1430 g/mol. The Morgan fingerprint density at radius 3 is 0.920 bits per heavy atom. The minimum Gasteiger partial charge on any atom is -0.455 e. The fourth-order valence-corrected chi connectivity index (χ4v) is 17.0. The topological polar surface area (TPSA) is 94.2 Å². The first-order chi connectivity index (χ1) is 55.6. The number of rotatable bonds is 11. The monoisotopic (exact) mass is 1430 g/mol. The molecule has 0 unspecified atom stereocenters. The third kappa shape index (κ3) is 10.4. The maximum atomic E-state index is 7.12. The Hall–Kier alpha value is -15.3. The van der Waals surface area contributed by atoms with Gasteiger partial charge in [-0.15, -0.1) is 0 Å². The Morgan fingerprint density at radius 1 is 0.214 bits per heavy atom. The van der Waals surface area contributed by atoms with E-state index in [2.05, 4.69) is 377 Å². The predicted octanol–water partition coefficient (Wildman–Crippen LogP) is 27.5. The third-order valence-corrected chi connectivity index (χ3v) is 22.0. The van der Waals surface area contributed by atoms with Gasteiger partial charge in [-0.05, 0) is 119 Å². The zero-order valence-electron chi connectivity index (χ0n) is 60.3. The number of nitrogens with zero attached hydrogens (tertiary/aromatic N) is 8. The molecule has 17 aromatic carbocycles. The summed E-state index contributed by atoms with van der Waals surface area (Å²) < 4.78 is 18.6. The Balaban J connectivity index is 0.000000138. The molecule has 0 saturated carbocycles. The van der Waals surface area contributed by atoms with Crippen LogP contribution in [0.2, 0.25) is 0 Å². The van der Waals surface area contributed by atoms with E-state index in [1.54, 1.807) is 0 Å². The van der Waals surface area contributed by atoms with Crippen molar-refractivity contribution in [2.75, 3.05) is 9.80 Å². The number of anilines is 6. The second-order valence-electron chi connectivity index (χ2n) is 28.3. The molecule has 112 heavy (non-hydrogen) atoms. The van der Waals surface area contributed by atoms with Crippen LogP contribution >= 0.6 is 0 Å². The van der Waals surface area contributed by atoms with Crippen LogP contribution in [0.1, 0.15) is 0 Å². The van der Waals surface area contributed by atoms with Crippen LogP contribution in [0.5, 0.6) is 0 Å². The van der Waals surface area contributed by atoms with Crippen molar-refractivity contribution in [1.82, 2.24) is 29.1 Å². The quantitative estimate of drug-likeness (QED) is 0.126. The molecule has 0 amide bonds. The molecule has 0 N–H and O–H groups in total. The smallest absolute Gasteiger partial charge is 0.235 e. The van der Waals surface area contributed by atoms with Crippen molar-refractivity contribution in [3.8, 4) is 45.5 Å². The van der Waals surface area contributed by atoms with Crippen LogP contribution in [0, 0.1) is 0 Å². The summed E-state index contributed by atoms with van der Waals surface area (Å²) in [6.07, 6.45) is 0. The molecule has 0 saturated heterocycles. The standard InChI is InChI=1S/C54H34N4O.C48H30N4O/c1-4-16-35(17-5-1)36-28-30-37(31-29-36)52-42-24-12-14-26-45(42)55-54(56-52)58-46-27-15-13-25-43(46)51-47(58)33-32-44-50-41-23-11-10-22-40(41)48(34-49(50)59-53(44)51)57(38-18-6-2-7-19-38)39-20-8-3-9-21-39;1-4-16-31(17-5-1)46-36-24-12-14-26-39(36)49-48(50-46)52-40-27-15-13-25-37(40)45-41(52)29-28-38-44-35-23-11-10-22-34(35)42(30-43(44)53-47(38)45)51(32-18-6-2-7-19-32)33-20-8-3-9-21-33/h1-34H;1-30H. The van der Waals surface area contributed by atoms with Gasteiger partial charge < -0.3 is 18.6 Å². The molecule has 0 atom stereocenters. The highest BCUT2D eigenvalue weighted by molar-refractivity contribution is 6.31. The fraction of sp³-hybridized carbons (Fsp3) is 0. The van der Waals surface area contributed by atoms with E-state index in [9.17, 15) is 0 Å². The molecule has 0 fully saturated rings. The van der Waals surface area contributed by atoms with Gasteiger partial charge in [0.1, 0.15) is 22.3 Å². The number of hydrogen-bond donors (Lipinski definition) is 0. The molecule has 0 spiro atoms. The van der Waals surface area contributed by atoms with Crippen molar-refractivity contribution in [3.05, 3.63) is 388 Å². The van der Waals surface area contributed by atoms with Crippen LogP contribution in [0.3, 0.4) is 0 Å². The van der Waals surface area contributed by atoms with E-state index in [4.69, 9.17) is 28.8 Å². The molecule has 0 radical (unpaired) electrons. The van der Waals surface area contributed by atoms with Gasteiger partial charge >= 0.3 is 0 Å². The van der Waals surface area contributed by atoms with E-state index in [0.29, 0.717) is 11.9 Å². The van der Waals surface area contributed by atoms with Crippen LogP contribution in [0.25, 0.3) is 176 Å². The van der Waals surface area contributed by atoms with E-state index in [-0.39, 0.29) is 0 Å². The summed E-state index contributed by atoms with van der Waals surface area (Å²) in [5.41, 5.74) is 21.8. The summed E-state index contributed by atoms with van der Waals surface area (Å²) in [7, 11) is 0. The average Bonchev–Trinajstić information content (AvgIpc) is 1.55. The summed E-state index contributed by atoms with van der Waals surface area (Å²) in [5.74, 6) is 1.24. The number of para-hydroxylation sites is 8. The Kier molecular flexibility index (Phi) is 15.0. The van der Waals surface area contributed by atoms with Gasteiger partial charge in [0.25, 0.3) is 0 Å². The fourth-order valence-electron chi connectivity index (χ4n) is 17.0. The highest BCUT2D eigenvalue weighted by Crippen LogP contribution is 2.50. The molecule has 0 aliphatic carbocycles. The van der Waals surface area contributed by atoms with Gasteiger partial charge in [-0.3, -0.25) is 9.13 Å². The summed E-state index contributed by atoms with van der Waals surface area (Å²) in [6, 6.07) is 136. The largest absolute Gasteiger partial charge is 0.455 e. The van der Waals surface area contributed by atoms with Crippen molar-refractivity contribution in [1.29, 1.82) is 0 Å². The lowest BCUT2D eigenvalue weighted by Crippen LogP contribution is -2.10. The molecule has 23 aromatic rings. The van der Waals surface area contributed by atoms with Crippen LogP contribution in [-0.2, 0) is 0 Å². The van der Waals surface area contributed by atoms with E-state index in [0.717, 1.165) is 193 Å². The normalized spacial score (nSPS) is 11.8. The van der Waals surface area contributed by atoms with E-state index in [1.807, 2.05) is 30.3 Å². The molecule has 10 heteroatoms. The Morgan fingerprint density at radius 2 is 0.518 bits per heavy atom. The van der Waals surface area contributed by atoms with Crippen molar-refractivity contribution < 1.29 is 8.83 Å². The number of hydrogen-bond acceptors (Lipinski definition) is 8. The number of furan rings is 2. The molecule has 6 aromatic heterocycles. The van der Waals surface area contributed by atoms with E-state index >= 15 is 0 Å². The van der Waals surface area contributed by atoms with Crippen molar-refractivity contribution in [2.24, 2.45) is 0 Å². The number of aromatic nitrogens is 6. The SMILES string of the molecule is c1ccc(-c2ccc(-c3nc(-n4c5ccccc5c5c6oc7cc(N(c8ccccc8)c8ccccc8)c8ccccc8c7c6ccc54)nc4ccccc34)cc2)cc1.c1ccc(-c2nc(-n3c4ccccc4c4c5oc6cc(N(c7ccccc7)c7ccccc7)c7ccccc7c6c5ccc43)nc3ccccc23)cc1. The molecule has 6 heterocycles. The first-order valence-electron chi connectivity index (χ1n) is 37.8. The highest BCUT2D eigenvalue weighted by Gasteiger charge is 2.28. The van der Waals surface area contributed by atoms with Gasteiger partial charge in [0, 0.05) is 99.9 Å². The van der Waals surface area contributed by atoms with Gasteiger partial charge in [-0.1, -0.05) is 279 Å². The predicted molar refractivity (Wildman–Crippen MR) is 463 cm³/mol. The summed E-state index contributed by atoms with van der Waals surface area (Å²) in [6.45, 7) is 0. The van der Waals surface area contributed by atoms with Crippen LogP contribution < -0.4 is 9.80 Å². The molecule has 0 aliphatic rings. The van der Waals surface area contributed by atoms with Crippen molar-refractivity contribution in [3.63, 3.8) is 0 Å². The second-order valence-corrected chi connectivity index (χ2v) is 28.3. The van der Waals surface area contributed by atoms with Crippen LogP contribution in [-0.4, -0.2) is 29.1 Å². The Bertz CT molecular complexity index is 7540. The third-order valence-electron chi connectivity index (χ3n) is 22.0. The van der Waals surface area contributed by atoms with Gasteiger partial charge in [-0.25, -0.2) is 19.9 Å². The minimum atomic E-state index is 0.613. The van der Waals surface area contributed by atoms with Crippen molar-refractivity contribution in [2.45, 2.75) is 0 Å². The van der Waals surface area contributed by atoms with E-state index < -0.39 is 0 Å². The maximum Gasteiger partial charge on any atom is 0.235 e. The highest BCUT2D eigenvalue weighted by atomic mass is 16.3. The molecular formula is C102H64N8O2. The van der Waals surface area contributed by atoms with Crippen LogP contribution in [0.4, 0.5) is 34.1 Å². The first-order valence-corrected chi connectivity index (χ1v) is 37.8. The molecule has 0 bridgehead atoms. The van der Waals surface area contributed by atoms with Gasteiger partial charge in [0.15, 0.2) is 0 Å². The zero-order chi connectivity index (χ0) is 73.7. The molecular weight excluding hydrogens is 1370 g/mol. The van der Waals surface area contributed by atoms with Crippen LogP contribution in [0.15, 0.2) is 397 Å². The first kappa shape index (κ1) is 64.0. The van der Waals surface area contributed by atoms with Gasteiger partial charge in [0.05, 0.1) is 66.6 Å². The maximum absolute atomic E-state index is 7.12. The lowest BCUT2D eigenvalue weighted by atomic mass is 10.00. The second kappa shape index (κ2) is 26.3. The molecule has 10 nitrogen and oxygen atoms in total. The Labute approximate surface area is 642 Å². The number of fused-ring (bicyclic) bond motifs is 20. The lowest BCUT2D eigenvalue weighted by Gasteiger charge is -2.26. The van der Waals surface area contributed by atoms with E-state index in [1.165, 1.54) is 5.56 Å². The summed E-state index contributed by atoms with van der Waals surface area (Å²) in [5, 5.41) is 15.2. The summed E-state index contributed by atoms with van der Waals surface area (Å²) in [4.78, 5) is 25.7. The van der Waals surface area contributed by atoms with Crippen molar-refractivity contribution >= 4 is 165 Å². The number of benzene rings is 17. The van der Waals surface area contributed by atoms with Gasteiger partial charge in [-0.2, -0.15) is 0 Å². The summed E-state index contributed by atoms with van der Waals surface area (Å²) >= 11 is 0. The molecule has 23 rings (SSSR count). The molecule has 524 valence electrons. The minimum absolute atomic E-state index is 0.613. The lowest BCUT2D eigenvalue weighted by molar-refractivity contribution is 0.673.